The van der Waals surface area contributed by atoms with Crippen molar-refractivity contribution in [2.24, 2.45) is 5.73 Å². The molecule has 0 aromatic carbocycles. The van der Waals surface area contributed by atoms with Gasteiger partial charge in [-0.05, 0) is 26.3 Å². The Balaban J connectivity index is 4.36. The third kappa shape index (κ3) is 2.58. The Bertz CT molecular complexity index is 162. The van der Waals surface area contributed by atoms with Crippen molar-refractivity contribution in [3.63, 3.8) is 0 Å². The van der Waals surface area contributed by atoms with Crippen molar-refractivity contribution >= 4 is 0 Å². The van der Waals surface area contributed by atoms with Gasteiger partial charge in [-0.15, -0.1) is 0 Å². The zero-order valence-electron chi connectivity index (χ0n) is 7.15. The quantitative estimate of drug-likeness (QED) is 0.568. The first-order chi connectivity index (χ1) is 4.59. The van der Waals surface area contributed by atoms with Crippen molar-refractivity contribution in [2.45, 2.75) is 20.8 Å². The van der Waals surface area contributed by atoms with Crippen LogP contribution < -0.4 is 11.1 Å². The third-order valence-electron chi connectivity index (χ3n) is 1.32. The highest BCUT2D eigenvalue weighted by atomic mass is 14.8. The molecule has 0 rings (SSSR count). The van der Waals surface area contributed by atoms with Crippen LogP contribution in [0.3, 0.4) is 0 Å². The summed E-state index contributed by atoms with van der Waals surface area (Å²) < 4.78 is 0. The number of nitrogens with one attached hydrogen (secondary N) is 1. The van der Waals surface area contributed by atoms with Crippen LogP contribution in [0.2, 0.25) is 0 Å². The molecule has 0 aromatic rings. The van der Waals surface area contributed by atoms with E-state index in [1.54, 1.807) is 0 Å². The molecule has 0 aliphatic heterocycles. The minimum atomic E-state index is 0.870. The molecule has 2 nitrogen and oxygen atoms in total. The lowest BCUT2D eigenvalue weighted by atomic mass is 10.1. The highest BCUT2D eigenvalue weighted by Gasteiger charge is 1.93. The summed E-state index contributed by atoms with van der Waals surface area (Å²) in [5, 5.41) is 2.93. The van der Waals surface area contributed by atoms with Gasteiger partial charge in [0.1, 0.15) is 0 Å². The summed E-state index contributed by atoms with van der Waals surface area (Å²) in [5.74, 6) is 0. The monoisotopic (exact) mass is 140 g/mol. The van der Waals surface area contributed by atoms with Crippen molar-refractivity contribution in [1.82, 2.24) is 5.32 Å². The van der Waals surface area contributed by atoms with Crippen LogP contribution in [0.4, 0.5) is 0 Å². The summed E-state index contributed by atoms with van der Waals surface area (Å²) in [5.41, 5.74) is 8.83. The molecule has 0 fully saturated rings. The molecule has 0 amide bonds. The van der Waals surface area contributed by atoms with Gasteiger partial charge < -0.3 is 11.1 Å². The summed E-state index contributed by atoms with van der Waals surface area (Å²) in [6.07, 6.45) is 1.89. The fourth-order valence-electron chi connectivity index (χ4n) is 0.689. The van der Waals surface area contributed by atoms with Gasteiger partial charge in [-0.1, -0.05) is 5.57 Å². The SMILES string of the molecule is CN/C=C(/C)C(N)=C(C)C. The Morgan fingerprint density at radius 3 is 2.10 bits per heavy atom. The number of hydrogen-bond acceptors (Lipinski definition) is 2. The van der Waals surface area contributed by atoms with Crippen LogP contribution in [0.25, 0.3) is 0 Å². The van der Waals surface area contributed by atoms with Crippen LogP contribution in [0, 0.1) is 0 Å². The molecule has 0 unspecified atom stereocenters. The maximum Gasteiger partial charge on any atom is 0.0344 e. The molecule has 0 atom stereocenters. The minimum Gasteiger partial charge on any atom is -0.399 e. The normalized spacial score (nSPS) is 11.0. The average Bonchev–Trinajstić information content (AvgIpc) is 1.87. The van der Waals surface area contributed by atoms with Gasteiger partial charge in [-0.3, -0.25) is 0 Å². The van der Waals surface area contributed by atoms with Crippen LogP contribution in [0.15, 0.2) is 23.0 Å². The van der Waals surface area contributed by atoms with Gasteiger partial charge in [0, 0.05) is 18.9 Å². The molecule has 0 heterocycles. The van der Waals surface area contributed by atoms with Gasteiger partial charge in [-0.2, -0.15) is 0 Å². The Labute approximate surface area is 62.8 Å². The molecule has 0 aromatic heterocycles. The third-order valence-corrected chi connectivity index (χ3v) is 1.32. The molecule has 0 saturated heterocycles. The first-order valence-corrected chi connectivity index (χ1v) is 3.37. The lowest BCUT2D eigenvalue weighted by Gasteiger charge is -2.03. The Hall–Kier alpha value is -0.920. The van der Waals surface area contributed by atoms with Gasteiger partial charge in [0.05, 0.1) is 0 Å². The molecular formula is C8H16N2. The van der Waals surface area contributed by atoms with Crippen molar-refractivity contribution in [1.29, 1.82) is 0 Å². The fourth-order valence-corrected chi connectivity index (χ4v) is 0.689. The molecule has 0 spiro atoms. The smallest absolute Gasteiger partial charge is 0.0344 e. The molecule has 0 bridgehead atoms. The highest BCUT2D eigenvalue weighted by molar-refractivity contribution is 5.28. The molecule has 10 heavy (non-hydrogen) atoms. The van der Waals surface area contributed by atoms with E-state index in [4.69, 9.17) is 5.73 Å². The molecule has 2 heteroatoms. The Morgan fingerprint density at radius 1 is 1.30 bits per heavy atom. The molecule has 0 saturated carbocycles. The van der Waals surface area contributed by atoms with Crippen molar-refractivity contribution in [2.75, 3.05) is 7.05 Å². The zero-order chi connectivity index (χ0) is 8.15. The predicted octanol–water partition coefficient (Wildman–Crippen LogP) is 1.36. The average molecular weight is 140 g/mol. The van der Waals surface area contributed by atoms with Gasteiger partial charge in [0.15, 0.2) is 0 Å². The summed E-state index contributed by atoms with van der Waals surface area (Å²) >= 11 is 0. The van der Waals surface area contributed by atoms with Gasteiger partial charge in [-0.25, -0.2) is 0 Å². The molecular weight excluding hydrogens is 124 g/mol. The van der Waals surface area contributed by atoms with E-state index >= 15 is 0 Å². The molecule has 58 valence electrons. The van der Waals surface area contributed by atoms with Crippen LogP contribution in [-0.4, -0.2) is 7.05 Å². The first-order valence-electron chi connectivity index (χ1n) is 3.37. The zero-order valence-corrected chi connectivity index (χ0v) is 7.15. The Kier molecular flexibility index (Phi) is 3.62. The van der Waals surface area contributed by atoms with Gasteiger partial charge in [0.25, 0.3) is 0 Å². The standard InChI is InChI=1S/C8H16N2/c1-6(2)8(9)7(3)5-10-4/h5,10H,9H2,1-4H3/b7-5-. The second-order valence-electron chi connectivity index (χ2n) is 2.53. The van der Waals surface area contributed by atoms with Crippen LogP contribution >= 0.6 is 0 Å². The summed E-state index contributed by atoms with van der Waals surface area (Å²) in [6, 6.07) is 0. The van der Waals surface area contributed by atoms with Gasteiger partial charge in [0.2, 0.25) is 0 Å². The number of hydrogen-bond donors (Lipinski definition) is 2. The van der Waals surface area contributed by atoms with Crippen LogP contribution in [0.5, 0.6) is 0 Å². The molecule has 0 aliphatic carbocycles. The van der Waals surface area contributed by atoms with Crippen molar-refractivity contribution in [3.8, 4) is 0 Å². The van der Waals surface area contributed by atoms with E-state index in [2.05, 4.69) is 5.32 Å². The fraction of sp³-hybridized carbons (Fsp3) is 0.500. The minimum absolute atomic E-state index is 0.870. The molecule has 0 aliphatic rings. The summed E-state index contributed by atoms with van der Waals surface area (Å²) in [4.78, 5) is 0. The van der Waals surface area contributed by atoms with Gasteiger partial charge >= 0.3 is 0 Å². The van der Waals surface area contributed by atoms with Crippen LogP contribution in [-0.2, 0) is 0 Å². The van der Waals surface area contributed by atoms with E-state index in [1.807, 2.05) is 34.0 Å². The number of allylic oxidation sites excluding steroid dienone is 2. The second-order valence-corrected chi connectivity index (χ2v) is 2.53. The van der Waals surface area contributed by atoms with E-state index in [0.717, 1.165) is 16.8 Å². The molecule has 3 N–H and O–H groups in total. The summed E-state index contributed by atoms with van der Waals surface area (Å²) in [7, 11) is 1.86. The number of nitrogens with two attached hydrogens (primary N) is 1. The van der Waals surface area contributed by atoms with Crippen molar-refractivity contribution in [3.05, 3.63) is 23.0 Å². The first kappa shape index (κ1) is 9.08. The lowest BCUT2D eigenvalue weighted by molar-refractivity contribution is 1.06. The number of rotatable bonds is 2. The lowest BCUT2D eigenvalue weighted by Crippen LogP contribution is -2.04. The van der Waals surface area contributed by atoms with E-state index in [1.165, 1.54) is 0 Å². The predicted molar refractivity (Wildman–Crippen MR) is 45.4 cm³/mol. The largest absolute Gasteiger partial charge is 0.399 e. The highest BCUT2D eigenvalue weighted by Crippen LogP contribution is 2.05. The maximum absolute atomic E-state index is 5.72. The topological polar surface area (TPSA) is 38.0 Å². The van der Waals surface area contributed by atoms with E-state index in [0.29, 0.717) is 0 Å². The Morgan fingerprint density at radius 2 is 1.80 bits per heavy atom. The van der Waals surface area contributed by atoms with E-state index in [9.17, 15) is 0 Å². The van der Waals surface area contributed by atoms with Crippen LogP contribution in [0.1, 0.15) is 20.8 Å². The summed E-state index contributed by atoms with van der Waals surface area (Å²) in [6.45, 7) is 5.99. The van der Waals surface area contributed by atoms with Crippen molar-refractivity contribution < 1.29 is 0 Å². The molecule has 0 radical (unpaired) electrons. The maximum atomic E-state index is 5.72. The van der Waals surface area contributed by atoms with E-state index < -0.39 is 0 Å². The second kappa shape index (κ2) is 3.99. The van der Waals surface area contributed by atoms with E-state index in [-0.39, 0.29) is 0 Å².